The van der Waals surface area contributed by atoms with Gasteiger partial charge in [-0.05, 0) is 39.1 Å². The molecule has 3 rings (SSSR count). The Labute approximate surface area is 187 Å². The molecule has 0 saturated heterocycles. The molecule has 30 heavy (non-hydrogen) atoms. The van der Waals surface area contributed by atoms with Crippen LogP contribution in [0.15, 0.2) is 36.5 Å². The van der Waals surface area contributed by atoms with Gasteiger partial charge in [0.15, 0.2) is 5.13 Å². The molecule has 0 radical (unpaired) electrons. The van der Waals surface area contributed by atoms with Crippen LogP contribution in [0, 0.1) is 0 Å². The van der Waals surface area contributed by atoms with E-state index in [4.69, 9.17) is 21.6 Å². The SMILES string of the molecule is CCN(CC)CCNc1nc(-c2cnc(NC(C)C)s2)cc(-c2ccccc2Cl)n1. The Hall–Kier alpha value is -2.22. The van der Waals surface area contributed by atoms with E-state index < -0.39 is 0 Å². The molecule has 160 valence electrons. The first kappa shape index (κ1) is 22.5. The lowest BCUT2D eigenvalue weighted by Crippen LogP contribution is -2.29. The maximum atomic E-state index is 6.45. The molecule has 3 aromatic rings. The lowest BCUT2D eigenvalue weighted by atomic mass is 10.1. The zero-order valence-electron chi connectivity index (χ0n) is 17.9. The molecule has 0 unspecified atom stereocenters. The van der Waals surface area contributed by atoms with Crippen LogP contribution in [0.2, 0.25) is 5.02 Å². The normalized spacial score (nSPS) is 11.3. The number of thiazole rings is 1. The maximum absolute atomic E-state index is 6.45. The predicted molar refractivity (Wildman–Crippen MR) is 129 cm³/mol. The van der Waals surface area contributed by atoms with Gasteiger partial charge in [-0.25, -0.2) is 15.0 Å². The minimum absolute atomic E-state index is 0.324. The molecule has 6 nitrogen and oxygen atoms in total. The summed E-state index contributed by atoms with van der Waals surface area (Å²) in [6.45, 7) is 12.3. The highest BCUT2D eigenvalue weighted by Crippen LogP contribution is 2.33. The van der Waals surface area contributed by atoms with Gasteiger partial charge in [0.1, 0.15) is 0 Å². The molecule has 0 atom stereocenters. The Balaban J connectivity index is 1.92. The van der Waals surface area contributed by atoms with Crippen molar-refractivity contribution in [2.24, 2.45) is 0 Å². The van der Waals surface area contributed by atoms with Gasteiger partial charge in [0, 0.05) is 35.9 Å². The standard InChI is InChI=1S/C22H29ClN6S/c1-5-29(6-2)12-11-24-21-27-18(16-9-7-8-10-17(16)23)13-19(28-21)20-14-25-22(30-20)26-15(3)4/h7-10,13-15H,5-6,11-12H2,1-4H3,(H,25,26)(H,24,27,28). The number of hydrogen-bond donors (Lipinski definition) is 2. The van der Waals surface area contributed by atoms with Gasteiger partial charge in [-0.2, -0.15) is 0 Å². The van der Waals surface area contributed by atoms with Crippen LogP contribution in [0.1, 0.15) is 27.7 Å². The number of benzene rings is 1. The van der Waals surface area contributed by atoms with E-state index in [1.807, 2.05) is 36.5 Å². The van der Waals surface area contributed by atoms with Crippen molar-refractivity contribution in [3.8, 4) is 21.8 Å². The summed E-state index contributed by atoms with van der Waals surface area (Å²) >= 11 is 8.03. The minimum Gasteiger partial charge on any atom is -0.359 e. The monoisotopic (exact) mass is 444 g/mol. The van der Waals surface area contributed by atoms with E-state index in [0.29, 0.717) is 17.0 Å². The smallest absolute Gasteiger partial charge is 0.223 e. The van der Waals surface area contributed by atoms with E-state index in [1.165, 1.54) is 0 Å². The van der Waals surface area contributed by atoms with Crippen LogP contribution >= 0.6 is 22.9 Å². The van der Waals surface area contributed by atoms with E-state index >= 15 is 0 Å². The van der Waals surface area contributed by atoms with Crippen molar-refractivity contribution < 1.29 is 0 Å². The Morgan fingerprint density at radius 2 is 1.83 bits per heavy atom. The van der Waals surface area contributed by atoms with Crippen molar-refractivity contribution in [2.75, 3.05) is 36.8 Å². The predicted octanol–water partition coefficient (Wildman–Crippen LogP) is 5.49. The number of nitrogens with zero attached hydrogens (tertiary/aromatic N) is 4. The number of nitrogens with one attached hydrogen (secondary N) is 2. The summed E-state index contributed by atoms with van der Waals surface area (Å²) in [5.41, 5.74) is 2.52. The fraction of sp³-hybridized carbons (Fsp3) is 0.409. The zero-order valence-corrected chi connectivity index (χ0v) is 19.5. The van der Waals surface area contributed by atoms with Crippen LogP contribution in [0.3, 0.4) is 0 Å². The molecule has 0 saturated carbocycles. The van der Waals surface area contributed by atoms with Gasteiger partial charge < -0.3 is 15.5 Å². The molecule has 1 aromatic carbocycles. The van der Waals surface area contributed by atoms with Gasteiger partial charge in [0.25, 0.3) is 0 Å². The van der Waals surface area contributed by atoms with Gasteiger partial charge in [-0.15, -0.1) is 0 Å². The van der Waals surface area contributed by atoms with E-state index in [9.17, 15) is 0 Å². The highest BCUT2D eigenvalue weighted by atomic mass is 35.5. The summed E-state index contributed by atoms with van der Waals surface area (Å²) < 4.78 is 0. The molecule has 2 aromatic heterocycles. The van der Waals surface area contributed by atoms with Crippen LogP contribution in [0.5, 0.6) is 0 Å². The van der Waals surface area contributed by atoms with Gasteiger partial charge in [0.05, 0.1) is 16.3 Å². The summed E-state index contributed by atoms with van der Waals surface area (Å²) in [6.07, 6.45) is 1.85. The van der Waals surface area contributed by atoms with Crippen LogP contribution in [0.25, 0.3) is 21.8 Å². The molecule has 0 fully saturated rings. The lowest BCUT2D eigenvalue weighted by Gasteiger charge is -2.18. The minimum atomic E-state index is 0.324. The highest BCUT2D eigenvalue weighted by Gasteiger charge is 2.13. The van der Waals surface area contributed by atoms with Crippen LogP contribution in [-0.2, 0) is 0 Å². The second-order valence-electron chi connectivity index (χ2n) is 7.22. The summed E-state index contributed by atoms with van der Waals surface area (Å²) in [6, 6.07) is 10.0. The zero-order chi connectivity index (χ0) is 21.5. The first-order valence-electron chi connectivity index (χ1n) is 10.3. The Morgan fingerprint density at radius 3 is 2.53 bits per heavy atom. The fourth-order valence-electron chi connectivity index (χ4n) is 3.03. The van der Waals surface area contributed by atoms with Gasteiger partial charge >= 0.3 is 0 Å². The van der Waals surface area contributed by atoms with Crippen molar-refractivity contribution >= 4 is 34.0 Å². The van der Waals surface area contributed by atoms with Crippen LogP contribution < -0.4 is 10.6 Å². The third kappa shape index (κ3) is 5.90. The van der Waals surface area contributed by atoms with Gasteiger partial charge in [-0.1, -0.05) is 55.0 Å². The topological polar surface area (TPSA) is 66.0 Å². The molecule has 0 spiro atoms. The van der Waals surface area contributed by atoms with Crippen molar-refractivity contribution in [3.05, 3.63) is 41.6 Å². The Morgan fingerprint density at radius 1 is 1.10 bits per heavy atom. The highest BCUT2D eigenvalue weighted by molar-refractivity contribution is 7.18. The van der Waals surface area contributed by atoms with Crippen molar-refractivity contribution in [1.82, 2.24) is 19.9 Å². The van der Waals surface area contributed by atoms with Crippen LogP contribution in [-0.4, -0.2) is 52.1 Å². The van der Waals surface area contributed by atoms with Gasteiger partial charge in [-0.3, -0.25) is 0 Å². The Kier molecular flexibility index (Phi) is 8.01. The van der Waals surface area contributed by atoms with Crippen molar-refractivity contribution in [2.45, 2.75) is 33.7 Å². The molecule has 0 aliphatic rings. The second-order valence-corrected chi connectivity index (χ2v) is 8.66. The molecule has 0 aliphatic heterocycles. The molecule has 0 bridgehead atoms. The largest absolute Gasteiger partial charge is 0.359 e. The molecular formula is C22H29ClN6S. The quantitative estimate of drug-likeness (QED) is 0.430. The number of rotatable bonds is 10. The van der Waals surface area contributed by atoms with Crippen molar-refractivity contribution in [1.29, 1.82) is 0 Å². The average molecular weight is 445 g/mol. The molecular weight excluding hydrogens is 416 g/mol. The third-order valence-electron chi connectivity index (χ3n) is 4.65. The first-order valence-corrected chi connectivity index (χ1v) is 11.5. The number of anilines is 2. The van der Waals surface area contributed by atoms with Crippen LogP contribution in [0.4, 0.5) is 11.1 Å². The number of likely N-dealkylation sites (N-methyl/N-ethyl adjacent to an activating group) is 1. The van der Waals surface area contributed by atoms with E-state index in [1.54, 1.807) is 11.3 Å². The second kappa shape index (κ2) is 10.7. The maximum Gasteiger partial charge on any atom is 0.223 e. The summed E-state index contributed by atoms with van der Waals surface area (Å²) in [5.74, 6) is 0.598. The summed E-state index contributed by atoms with van der Waals surface area (Å²) in [4.78, 5) is 17.3. The number of hydrogen-bond acceptors (Lipinski definition) is 7. The molecule has 8 heteroatoms. The first-order chi connectivity index (χ1) is 14.5. The third-order valence-corrected chi connectivity index (χ3v) is 5.93. The molecule has 2 N–H and O–H groups in total. The average Bonchev–Trinajstić information content (AvgIpc) is 3.19. The van der Waals surface area contributed by atoms with Gasteiger partial charge in [0.2, 0.25) is 5.95 Å². The fourth-order valence-corrected chi connectivity index (χ4v) is 4.19. The van der Waals surface area contributed by atoms with Crippen molar-refractivity contribution in [3.63, 3.8) is 0 Å². The molecule has 2 heterocycles. The van der Waals surface area contributed by atoms with E-state index in [0.717, 1.165) is 53.1 Å². The molecule has 0 amide bonds. The number of halogens is 1. The van der Waals surface area contributed by atoms with E-state index in [2.05, 4.69) is 48.2 Å². The summed E-state index contributed by atoms with van der Waals surface area (Å²) in [5, 5.41) is 8.28. The lowest BCUT2D eigenvalue weighted by molar-refractivity contribution is 0.316. The van der Waals surface area contributed by atoms with E-state index in [-0.39, 0.29) is 0 Å². The summed E-state index contributed by atoms with van der Waals surface area (Å²) in [7, 11) is 0. The Bertz CT molecular complexity index is 954. The molecule has 0 aliphatic carbocycles. The number of aromatic nitrogens is 3.